The number of benzene rings is 1. The Hall–Kier alpha value is -2.11. The van der Waals surface area contributed by atoms with Gasteiger partial charge in [0.05, 0.1) is 16.5 Å². The lowest BCUT2D eigenvalue weighted by atomic mass is 10.2. The molecular formula is C17H24N4O3S. The molecule has 2 rings (SSSR count). The molecule has 136 valence electrons. The first-order valence-corrected chi connectivity index (χ1v) is 9.92. The predicted molar refractivity (Wildman–Crippen MR) is 94.4 cm³/mol. The van der Waals surface area contributed by atoms with Crippen molar-refractivity contribution in [3.8, 4) is 6.07 Å². The molecule has 1 aliphatic heterocycles. The van der Waals surface area contributed by atoms with Crippen LogP contribution in [0.2, 0.25) is 0 Å². The minimum atomic E-state index is -3.60. The van der Waals surface area contributed by atoms with Crippen molar-refractivity contribution in [1.82, 2.24) is 14.5 Å². The second-order valence-electron chi connectivity index (χ2n) is 5.99. The van der Waals surface area contributed by atoms with Gasteiger partial charge < -0.3 is 10.2 Å². The van der Waals surface area contributed by atoms with Crippen molar-refractivity contribution < 1.29 is 13.2 Å². The number of hydrogen-bond donors (Lipinski definition) is 1. The first kappa shape index (κ1) is 19.2. The molecule has 0 spiro atoms. The molecule has 0 radical (unpaired) electrons. The van der Waals surface area contributed by atoms with E-state index in [1.807, 2.05) is 19.9 Å². The fourth-order valence-corrected chi connectivity index (χ4v) is 4.16. The number of nitrogens with zero attached hydrogens (tertiary/aromatic N) is 3. The topological polar surface area (TPSA) is 93.5 Å². The minimum Gasteiger partial charge on any atom is -0.335 e. The Balaban J connectivity index is 1.98. The Morgan fingerprint density at radius 2 is 1.72 bits per heavy atom. The molecule has 1 fully saturated rings. The number of piperazine rings is 1. The van der Waals surface area contributed by atoms with Gasteiger partial charge in [0.2, 0.25) is 10.0 Å². The van der Waals surface area contributed by atoms with Gasteiger partial charge in [0.25, 0.3) is 0 Å². The maximum atomic E-state index is 12.7. The van der Waals surface area contributed by atoms with Gasteiger partial charge in [-0.3, -0.25) is 0 Å². The summed E-state index contributed by atoms with van der Waals surface area (Å²) in [5.41, 5.74) is 0.418. The van der Waals surface area contributed by atoms with Gasteiger partial charge in [0.15, 0.2) is 0 Å². The van der Waals surface area contributed by atoms with Crippen molar-refractivity contribution in [3.63, 3.8) is 0 Å². The van der Waals surface area contributed by atoms with Gasteiger partial charge in [0, 0.05) is 32.2 Å². The first-order valence-electron chi connectivity index (χ1n) is 8.48. The molecule has 1 aromatic rings. The quantitative estimate of drug-likeness (QED) is 0.861. The second kappa shape index (κ2) is 8.32. The highest BCUT2D eigenvalue weighted by Crippen LogP contribution is 2.18. The third-order valence-electron chi connectivity index (χ3n) is 4.46. The van der Waals surface area contributed by atoms with Gasteiger partial charge in [-0.25, -0.2) is 13.2 Å². The van der Waals surface area contributed by atoms with Crippen LogP contribution in [0, 0.1) is 11.3 Å². The van der Waals surface area contributed by atoms with Gasteiger partial charge in [-0.1, -0.05) is 13.8 Å². The van der Waals surface area contributed by atoms with E-state index >= 15 is 0 Å². The molecule has 8 heteroatoms. The van der Waals surface area contributed by atoms with Gasteiger partial charge in [-0.15, -0.1) is 0 Å². The Kier molecular flexibility index (Phi) is 6.39. The van der Waals surface area contributed by atoms with Crippen molar-refractivity contribution in [2.24, 2.45) is 0 Å². The highest BCUT2D eigenvalue weighted by molar-refractivity contribution is 7.89. The number of sulfonamides is 1. The molecule has 1 aromatic carbocycles. The van der Waals surface area contributed by atoms with Gasteiger partial charge in [-0.2, -0.15) is 9.57 Å². The van der Waals surface area contributed by atoms with Crippen LogP contribution in [0.3, 0.4) is 0 Å². The lowest BCUT2D eigenvalue weighted by Gasteiger charge is -2.34. The molecule has 2 amide bonds. The van der Waals surface area contributed by atoms with Crippen molar-refractivity contribution in [3.05, 3.63) is 29.8 Å². The van der Waals surface area contributed by atoms with Crippen LogP contribution in [-0.4, -0.2) is 55.9 Å². The molecular weight excluding hydrogens is 340 g/mol. The zero-order chi connectivity index (χ0) is 18.4. The van der Waals surface area contributed by atoms with E-state index in [1.54, 1.807) is 4.90 Å². The third-order valence-corrected chi connectivity index (χ3v) is 6.37. The molecule has 0 bridgehead atoms. The zero-order valence-corrected chi connectivity index (χ0v) is 15.4. The standard InChI is InChI=1S/C17H24N4O3S/c1-3-15(4-2)19-17(22)20-9-11-21(12-10-20)25(23,24)16-7-5-14(13-18)6-8-16/h5-8,15H,3-4,9-12H2,1-2H3,(H,19,22). The molecule has 1 heterocycles. The molecule has 0 atom stereocenters. The number of carbonyl (C=O) groups is 1. The molecule has 0 unspecified atom stereocenters. The van der Waals surface area contributed by atoms with Crippen molar-refractivity contribution in [2.75, 3.05) is 26.2 Å². The van der Waals surface area contributed by atoms with Crippen molar-refractivity contribution in [2.45, 2.75) is 37.6 Å². The van der Waals surface area contributed by atoms with Crippen LogP contribution in [-0.2, 0) is 10.0 Å². The summed E-state index contributed by atoms with van der Waals surface area (Å²) in [6, 6.07) is 7.85. The molecule has 0 aliphatic carbocycles. The summed E-state index contributed by atoms with van der Waals surface area (Å²) in [5, 5.41) is 11.8. The Labute approximate surface area is 149 Å². The van der Waals surface area contributed by atoms with Gasteiger partial charge in [0.1, 0.15) is 0 Å². The van der Waals surface area contributed by atoms with E-state index in [1.165, 1.54) is 28.6 Å². The normalized spacial score (nSPS) is 15.8. The number of nitriles is 1. The van der Waals surface area contributed by atoms with E-state index in [0.717, 1.165) is 12.8 Å². The zero-order valence-electron chi connectivity index (χ0n) is 14.6. The average Bonchev–Trinajstić information content (AvgIpc) is 2.66. The lowest BCUT2D eigenvalue weighted by molar-refractivity contribution is 0.168. The molecule has 1 aliphatic rings. The number of urea groups is 1. The monoisotopic (exact) mass is 364 g/mol. The lowest BCUT2D eigenvalue weighted by Crippen LogP contribution is -2.54. The van der Waals surface area contributed by atoms with Crippen LogP contribution in [0.5, 0.6) is 0 Å². The minimum absolute atomic E-state index is 0.135. The number of carbonyl (C=O) groups excluding carboxylic acids is 1. The third kappa shape index (κ3) is 4.50. The van der Waals surface area contributed by atoms with Crippen LogP contribution in [0.25, 0.3) is 0 Å². The van der Waals surface area contributed by atoms with Crippen molar-refractivity contribution >= 4 is 16.1 Å². The maximum Gasteiger partial charge on any atom is 0.317 e. The predicted octanol–water partition coefficient (Wildman–Crippen LogP) is 1.76. The van der Waals surface area contributed by atoms with Crippen LogP contribution in [0.15, 0.2) is 29.2 Å². The maximum absolute atomic E-state index is 12.7. The van der Waals surface area contributed by atoms with E-state index < -0.39 is 10.0 Å². The van der Waals surface area contributed by atoms with Gasteiger partial charge >= 0.3 is 6.03 Å². The van der Waals surface area contributed by atoms with Gasteiger partial charge in [-0.05, 0) is 37.1 Å². The van der Waals surface area contributed by atoms with Crippen LogP contribution >= 0.6 is 0 Å². The number of rotatable bonds is 5. The number of amides is 2. The summed E-state index contributed by atoms with van der Waals surface area (Å²) >= 11 is 0. The summed E-state index contributed by atoms with van der Waals surface area (Å²) in [6.07, 6.45) is 1.74. The van der Waals surface area contributed by atoms with Crippen LogP contribution in [0.4, 0.5) is 4.79 Å². The summed E-state index contributed by atoms with van der Waals surface area (Å²) in [4.78, 5) is 14.1. The number of nitrogens with one attached hydrogen (secondary N) is 1. The molecule has 25 heavy (non-hydrogen) atoms. The summed E-state index contributed by atoms with van der Waals surface area (Å²) < 4.78 is 26.7. The van der Waals surface area contributed by atoms with Crippen LogP contribution < -0.4 is 5.32 Å². The van der Waals surface area contributed by atoms with Crippen LogP contribution in [0.1, 0.15) is 32.3 Å². The highest BCUT2D eigenvalue weighted by Gasteiger charge is 2.30. The Morgan fingerprint density at radius 3 is 2.20 bits per heavy atom. The molecule has 0 aromatic heterocycles. The molecule has 1 N–H and O–H groups in total. The highest BCUT2D eigenvalue weighted by atomic mass is 32.2. The average molecular weight is 364 g/mol. The Bertz CT molecular complexity index is 728. The van der Waals surface area contributed by atoms with E-state index in [-0.39, 0.29) is 30.1 Å². The molecule has 7 nitrogen and oxygen atoms in total. The SMILES string of the molecule is CCC(CC)NC(=O)N1CCN(S(=O)(=O)c2ccc(C#N)cc2)CC1. The second-order valence-corrected chi connectivity index (χ2v) is 7.93. The fraction of sp³-hybridized carbons (Fsp3) is 0.529. The number of hydrogen-bond acceptors (Lipinski definition) is 4. The van der Waals surface area contributed by atoms with E-state index in [4.69, 9.17) is 5.26 Å². The first-order chi connectivity index (χ1) is 11.9. The van der Waals surface area contributed by atoms with Crippen molar-refractivity contribution in [1.29, 1.82) is 5.26 Å². The summed E-state index contributed by atoms with van der Waals surface area (Å²) in [7, 11) is -3.60. The summed E-state index contributed by atoms with van der Waals surface area (Å²) in [5.74, 6) is 0. The molecule has 0 saturated carbocycles. The largest absolute Gasteiger partial charge is 0.335 e. The smallest absolute Gasteiger partial charge is 0.317 e. The molecule has 1 saturated heterocycles. The van der Waals surface area contributed by atoms with E-state index in [9.17, 15) is 13.2 Å². The Morgan fingerprint density at radius 1 is 1.16 bits per heavy atom. The van der Waals surface area contributed by atoms with E-state index in [2.05, 4.69) is 5.32 Å². The fourth-order valence-electron chi connectivity index (χ4n) is 2.74. The van der Waals surface area contributed by atoms with E-state index in [0.29, 0.717) is 18.7 Å². The summed E-state index contributed by atoms with van der Waals surface area (Å²) in [6.45, 7) is 5.30.